The minimum absolute atomic E-state index is 0.430. The number of rotatable bonds is 5. The highest BCUT2D eigenvalue weighted by Crippen LogP contribution is 2.17. The van der Waals surface area contributed by atoms with E-state index in [1.165, 1.54) is 6.21 Å². The maximum Gasteiger partial charge on any atom is 0.124 e. The number of nitrogens with zero attached hydrogens (tertiary/aromatic N) is 2. The van der Waals surface area contributed by atoms with Crippen molar-refractivity contribution in [3.8, 4) is 0 Å². The Morgan fingerprint density at radius 1 is 1.38 bits per heavy atom. The van der Waals surface area contributed by atoms with Gasteiger partial charge in [0.2, 0.25) is 0 Å². The number of fused-ring (bicyclic) bond motifs is 1. The predicted molar refractivity (Wildman–Crippen MR) is 67.3 cm³/mol. The second kappa shape index (κ2) is 5.12. The number of aryl methyl sites for hydroxylation is 1. The van der Waals surface area contributed by atoms with Gasteiger partial charge in [-0.15, -0.1) is 11.6 Å². The second-order valence-corrected chi connectivity index (χ2v) is 3.92. The molecule has 0 unspecified atom stereocenters. The monoisotopic (exact) mass is 235 g/mol. The van der Waals surface area contributed by atoms with Crippen LogP contribution < -0.4 is 0 Å². The molecule has 1 aromatic heterocycles. The van der Waals surface area contributed by atoms with Crippen molar-refractivity contribution in [2.24, 2.45) is 0 Å². The van der Waals surface area contributed by atoms with Crippen molar-refractivity contribution in [3.05, 3.63) is 30.1 Å². The van der Waals surface area contributed by atoms with Crippen molar-refractivity contribution in [3.63, 3.8) is 0 Å². The molecule has 1 heterocycles. The maximum absolute atomic E-state index is 7.02. The molecule has 0 saturated carbocycles. The van der Waals surface area contributed by atoms with Crippen molar-refractivity contribution in [2.45, 2.75) is 25.3 Å². The Hall–Kier alpha value is -1.35. The Morgan fingerprint density at radius 3 is 2.94 bits per heavy atom. The SMILES string of the molecule is N=CCCCn1c(CCl)nc2ccccc21. The Balaban J connectivity index is 2.35. The zero-order chi connectivity index (χ0) is 11.4. The third kappa shape index (κ3) is 2.09. The van der Waals surface area contributed by atoms with Gasteiger partial charge in [0.05, 0.1) is 16.9 Å². The summed E-state index contributed by atoms with van der Waals surface area (Å²) in [4.78, 5) is 4.48. The van der Waals surface area contributed by atoms with Gasteiger partial charge in [0, 0.05) is 6.54 Å². The van der Waals surface area contributed by atoms with Crippen LogP contribution in [-0.2, 0) is 12.4 Å². The lowest BCUT2D eigenvalue weighted by molar-refractivity contribution is 0.655. The highest BCUT2D eigenvalue weighted by molar-refractivity contribution is 6.16. The van der Waals surface area contributed by atoms with E-state index in [2.05, 4.69) is 15.6 Å². The van der Waals surface area contributed by atoms with Crippen LogP contribution in [0.5, 0.6) is 0 Å². The Bertz CT molecular complexity index is 490. The average Bonchev–Trinajstić information content (AvgIpc) is 2.68. The quantitative estimate of drug-likeness (QED) is 0.483. The topological polar surface area (TPSA) is 41.7 Å². The van der Waals surface area contributed by atoms with Gasteiger partial charge in [0.25, 0.3) is 0 Å². The lowest BCUT2D eigenvalue weighted by atomic mass is 10.3. The van der Waals surface area contributed by atoms with Crippen LogP contribution in [0.1, 0.15) is 18.7 Å². The second-order valence-electron chi connectivity index (χ2n) is 3.65. The molecule has 0 aliphatic rings. The van der Waals surface area contributed by atoms with Crippen molar-refractivity contribution in [1.82, 2.24) is 9.55 Å². The molecule has 1 N–H and O–H groups in total. The normalized spacial score (nSPS) is 10.8. The van der Waals surface area contributed by atoms with E-state index in [1.54, 1.807) is 0 Å². The van der Waals surface area contributed by atoms with E-state index in [-0.39, 0.29) is 0 Å². The van der Waals surface area contributed by atoms with Gasteiger partial charge in [0.1, 0.15) is 5.82 Å². The Labute approximate surface area is 99.6 Å². The third-order valence-electron chi connectivity index (χ3n) is 2.58. The summed E-state index contributed by atoms with van der Waals surface area (Å²) in [6.07, 6.45) is 3.20. The van der Waals surface area contributed by atoms with Gasteiger partial charge in [-0.1, -0.05) is 12.1 Å². The number of benzene rings is 1. The summed E-state index contributed by atoms with van der Waals surface area (Å²) >= 11 is 5.89. The summed E-state index contributed by atoms with van der Waals surface area (Å²) in [5.41, 5.74) is 2.12. The van der Waals surface area contributed by atoms with Crippen LogP contribution >= 0.6 is 11.6 Å². The molecule has 2 aromatic rings. The molecule has 0 radical (unpaired) electrons. The minimum Gasteiger partial charge on any atom is -0.327 e. The van der Waals surface area contributed by atoms with Crippen LogP contribution in [0.15, 0.2) is 24.3 Å². The first kappa shape index (κ1) is 11.1. The summed E-state index contributed by atoms with van der Waals surface area (Å²) in [5, 5.41) is 7.02. The fourth-order valence-electron chi connectivity index (χ4n) is 1.83. The minimum atomic E-state index is 0.430. The third-order valence-corrected chi connectivity index (χ3v) is 2.82. The molecule has 0 fully saturated rings. The molecule has 0 aliphatic heterocycles. The number of para-hydroxylation sites is 2. The van der Waals surface area contributed by atoms with E-state index < -0.39 is 0 Å². The molecule has 3 nitrogen and oxygen atoms in total. The summed E-state index contributed by atoms with van der Waals surface area (Å²) < 4.78 is 2.14. The lowest BCUT2D eigenvalue weighted by Crippen LogP contribution is -2.02. The van der Waals surface area contributed by atoms with Crippen molar-refractivity contribution in [2.75, 3.05) is 0 Å². The molecule has 2 rings (SSSR count). The van der Waals surface area contributed by atoms with Gasteiger partial charge >= 0.3 is 0 Å². The molecule has 1 aromatic carbocycles. The first-order valence-electron chi connectivity index (χ1n) is 5.36. The van der Waals surface area contributed by atoms with Gasteiger partial charge in [-0.25, -0.2) is 4.98 Å². The van der Waals surface area contributed by atoms with Gasteiger partial charge in [-0.2, -0.15) is 0 Å². The molecule has 0 bridgehead atoms. The van der Waals surface area contributed by atoms with Crippen molar-refractivity contribution < 1.29 is 0 Å². The van der Waals surface area contributed by atoms with Crippen LogP contribution in [0.3, 0.4) is 0 Å². The standard InChI is InChI=1S/C12H14ClN3/c13-9-12-15-10-5-1-2-6-11(10)16(12)8-4-3-7-14/h1-2,5-7,14H,3-4,8-9H2. The summed E-state index contributed by atoms with van der Waals surface area (Å²) in [6, 6.07) is 8.05. The summed E-state index contributed by atoms with van der Waals surface area (Å²) in [5.74, 6) is 1.34. The van der Waals surface area contributed by atoms with Gasteiger partial charge < -0.3 is 9.98 Å². The van der Waals surface area contributed by atoms with Crippen molar-refractivity contribution in [1.29, 1.82) is 5.41 Å². The van der Waals surface area contributed by atoms with Crippen LogP contribution in [0.25, 0.3) is 11.0 Å². The smallest absolute Gasteiger partial charge is 0.124 e. The summed E-state index contributed by atoms with van der Waals surface area (Å²) in [6.45, 7) is 0.873. The number of hydrogen-bond donors (Lipinski definition) is 1. The molecular formula is C12H14ClN3. The maximum atomic E-state index is 7.02. The first-order valence-corrected chi connectivity index (χ1v) is 5.89. The molecule has 0 aliphatic carbocycles. The number of alkyl halides is 1. The van der Waals surface area contributed by atoms with Gasteiger partial charge in [-0.3, -0.25) is 0 Å². The van der Waals surface area contributed by atoms with E-state index in [1.807, 2.05) is 18.2 Å². The highest BCUT2D eigenvalue weighted by Gasteiger charge is 2.08. The van der Waals surface area contributed by atoms with Crippen LogP contribution in [0.2, 0.25) is 0 Å². The zero-order valence-corrected chi connectivity index (χ0v) is 9.74. The number of nitrogens with one attached hydrogen (secondary N) is 1. The molecule has 0 spiro atoms. The van der Waals surface area contributed by atoms with E-state index in [4.69, 9.17) is 17.0 Å². The molecule has 0 atom stereocenters. The largest absolute Gasteiger partial charge is 0.327 e. The van der Waals surface area contributed by atoms with Crippen LogP contribution in [0, 0.1) is 5.41 Å². The van der Waals surface area contributed by atoms with E-state index in [0.717, 1.165) is 36.2 Å². The number of unbranched alkanes of at least 4 members (excludes halogenated alkanes) is 1. The molecule has 84 valence electrons. The lowest BCUT2D eigenvalue weighted by Gasteiger charge is -2.05. The van der Waals surface area contributed by atoms with Crippen LogP contribution in [-0.4, -0.2) is 15.8 Å². The van der Waals surface area contributed by atoms with Crippen LogP contribution in [0.4, 0.5) is 0 Å². The van der Waals surface area contributed by atoms with Crippen molar-refractivity contribution >= 4 is 28.8 Å². The first-order chi connectivity index (χ1) is 7.86. The molecule has 0 amide bonds. The number of aromatic nitrogens is 2. The fraction of sp³-hybridized carbons (Fsp3) is 0.333. The fourth-order valence-corrected chi connectivity index (χ4v) is 2.03. The number of imidazole rings is 1. The average molecular weight is 236 g/mol. The van der Waals surface area contributed by atoms with Gasteiger partial charge in [0.15, 0.2) is 0 Å². The Morgan fingerprint density at radius 2 is 2.19 bits per heavy atom. The molecule has 4 heteroatoms. The molecular weight excluding hydrogens is 222 g/mol. The predicted octanol–water partition coefficient (Wildman–Crippen LogP) is 3.20. The van der Waals surface area contributed by atoms with E-state index in [9.17, 15) is 0 Å². The van der Waals surface area contributed by atoms with Gasteiger partial charge in [-0.05, 0) is 31.2 Å². The van der Waals surface area contributed by atoms with E-state index >= 15 is 0 Å². The summed E-state index contributed by atoms with van der Waals surface area (Å²) in [7, 11) is 0. The number of halogens is 1. The highest BCUT2D eigenvalue weighted by atomic mass is 35.5. The molecule has 0 saturated heterocycles. The Kier molecular flexibility index (Phi) is 3.57. The molecule has 16 heavy (non-hydrogen) atoms. The zero-order valence-electron chi connectivity index (χ0n) is 8.99. The van der Waals surface area contributed by atoms with E-state index in [0.29, 0.717) is 5.88 Å². The number of hydrogen-bond acceptors (Lipinski definition) is 2.